The third-order valence-corrected chi connectivity index (χ3v) is 3.18. The number of nitrogens with one attached hydrogen (secondary N) is 1. The molecule has 2 heteroatoms. The van der Waals surface area contributed by atoms with E-state index in [4.69, 9.17) is 0 Å². The molecule has 0 spiro atoms. The van der Waals surface area contributed by atoms with Gasteiger partial charge in [0, 0.05) is 10.9 Å². The smallest absolute Gasteiger partial charge is 0.0365 e. The maximum Gasteiger partial charge on any atom is 0.0365 e. The highest BCUT2D eigenvalue weighted by Crippen LogP contribution is 2.25. The van der Waals surface area contributed by atoms with Crippen molar-refractivity contribution in [3.8, 4) is 0 Å². The van der Waals surface area contributed by atoms with Gasteiger partial charge in [0.25, 0.3) is 0 Å². The van der Waals surface area contributed by atoms with Gasteiger partial charge in [-0.1, -0.05) is 13.0 Å². The second-order valence-electron chi connectivity index (χ2n) is 3.46. The van der Waals surface area contributed by atoms with Gasteiger partial charge in [-0.25, -0.2) is 0 Å². The van der Waals surface area contributed by atoms with Crippen LogP contribution >= 0.6 is 11.3 Å². The largest absolute Gasteiger partial charge is 0.310 e. The number of thiophene rings is 1. The molecule has 1 aromatic heterocycles. The predicted octanol–water partition coefficient (Wildman–Crippen LogP) is 3.67. The van der Waals surface area contributed by atoms with E-state index >= 15 is 0 Å². The highest BCUT2D eigenvalue weighted by atomic mass is 32.1. The van der Waals surface area contributed by atoms with E-state index in [1.807, 2.05) is 17.4 Å². The molecule has 0 bridgehead atoms. The van der Waals surface area contributed by atoms with Crippen LogP contribution in [0.4, 0.5) is 0 Å². The lowest BCUT2D eigenvalue weighted by Gasteiger charge is -2.16. The van der Waals surface area contributed by atoms with Gasteiger partial charge < -0.3 is 5.32 Å². The Morgan fingerprint density at radius 2 is 2.43 bits per heavy atom. The van der Waals surface area contributed by atoms with Crippen molar-refractivity contribution in [1.29, 1.82) is 0 Å². The molecule has 0 radical (unpaired) electrons. The molecular formula is C12H19NS. The molecule has 1 heterocycles. The lowest BCUT2D eigenvalue weighted by Crippen LogP contribution is -2.21. The van der Waals surface area contributed by atoms with Crippen molar-refractivity contribution in [1.82, 2.24) is 5.32 Å². The zero-order valence-electron chi connectivity index (χ0n) is 9.05. The minimum Gasteiger partial charge on any atom is -0.310 e. The van der Waals surface area contributed by atoms with Crippen LogP contribution in [0.5, 0.6) is 0 Å². The normalized spacial score (nSPS) is 12.7. The first-order valence-corrected chi connectivity index (χ1v) is 6.05. The van der Waals surface area contributed by atoms with E-state index in [1.165, 1.54) is 16.9 Å². The monoisotopic (exact) mass is 209 g/mol. The Bertz CT molecular complexity index is 278. The third-order valence-electron chi connectivity index (χ3n) is 2.32. The van der Waals surface area contributed by atoms with Gasteiger partial charge in [-0.2, -0.15) is 0 Å². The standard InChI is InChI=1S/C12H19NS/c1-4-6-12(13-8-5-2)11-7-9-14-10(11)3/h4,7,9,12-13H,1,5-6,8H2,2-3H3. The number of hydrogen-bond donors (Lipinski definition) is 1. The van der Waals surface area contributed by atoms with E-state index in [-0.39, 0.29) is 0 Å². The quantitative estimate of drug-likeness (QED) is 0.705. The van der Waals surface area contributed by atoms with Gasteiger partial charge in [-0.3, -0.25) is 0 Å². The first-order valence-electron chi connectivity index (χ1n) is 5.17. The summed E-state index contributed by atoms with van der Waals surface area (Å²) >= 11 is 1.82. The fourth-order valence-electron chi connectivity index (χ4n) is 1.56. The molecule has 1 aromatic rings. The summed E-state index contributed by atoms with van der Waals surface area (Å²) in [5, 5.41) is 5.71. The van der Waals surface area contributed by atoms with Gasteiger partial charge in [-0.15, -0.1) is 17.9 Å². The third kappa shape index (κ3) is 2.96. The second-order valence-corrected chi connectivity index (χ2v) is 4.58. The van der Waals surface area contributed by atoms with Crippen LogP contribution < -0.4 is 5.32 Å². The first kappa shape index (κ1) is 11.5. The van der Waals surface area contributed by atoms with Gasteiger partial charge >= 0.3 is 0 Å². The zero-order chi connectivity index (χ0) is 10.4. The SMILES string of the molecule is C=CCC(NCCC)c1ccsc1C. The van der Waals surface area contributed by atoms with E-state index in [2.05, 4.69) is 37.2 Å². The summed E-state index contributed by atoms with van der Waals surface area (Å²) in [5.74, 6) is 0. The molecule has 0 aliphatic heterocycles. The Kier molecular flexibility index (Phi) is 4.91. The molecule has 1 unspecified atom stereocenters. The van der Waals surface area contributed by atoms with E-state index < -0.39 is 0 Å². The molecule has 1 N–H and O–H groups in total. The lowest BCUT2D eigenvalue weighted by atomic mass is 10.1. The molecule has 0 aromatic carbocycles. The fourth-order valence-corrected chi connectivity index (χ4v) is 2.33. The van der Waals surface area contributed by atoms with Gasteiger partial charge in [0.1, 0.15) is 0 Å². The molecular weight excluding hydrogens is 190 g/mol. The summed E-state index contributed by atoms with van der Waals surface area (Å²) in [5.41, 5.74) is 1.43. The van der Waals surface area contributed by atoms with Crippen LogP contribution in [0.2, 0.25) is 0 Å². The molecule has 0 saturated heterocycles. The van der Waals surface area contributed by atoms with Crippen LogP contribution in [-0.2, 0) is 0 Å². The first-order chi connectivity index (χ1) is 6.79. The maximum atomic E-state index is 3.81. The minimum atomic E-state index is 0.457. The van der Waals surface area contributed by atoms with E-state index in [0.29, 0.717) is 6.04 Å². The lowest BCUT2D eigenvalue weighted by molar-refractivity contribution is 0.537. The van der Waals surface area contributed by atoms with Crippen molar-refractivity contribution >= 4 is 11.3 Å². The molecule has 0 fully saturated rings. The van der Waals surface area contributed by atoms with Crippen molar-refractivity contribution in [2.45, 2.75) is 32.7 Å². The topological polar surface area (TPSA) is 12.0 Å². The Morgan fingerprint density at radius 3 is 2.93 bits per heavy atom. The molecule has 1 rings (SSSR count). The zero-order valence-corrected chi connectivity index (χ0v) is 9.86. The van der Waals surface area contributed by atoms with Crippen LogP contribution in [0, 0.1) is 6.92 Å². The second kappa shape index (κ2) is 5.99. The van der Waals surface area contributed by atoms with Crippen LogP contribution in [0.15, 0.2) is 24.1 Å². The fraction of sp³-hybridized carbons (Fsp3) is 0.500. The van der Waals surface area contributed by atoms with Crippen LogP contribution in [0.3, 0.4) is 0 Å². The Morgan fingerprint density at radius 1 is 1.64 bits per heavy atom. The number of rotatable bonds is 6. The summed E-state index contributed by atoms with van der Waals surface area (Å²) in [6.45, 7) is 9.27. The molecule has 0 aliphatic carbocycles. The van der Waals surface area contributed by atoms with Crippen molar-refractivity contribution in [2.24, 2.45) is 0 Å². The molecule has 78 valence electrons. The summed E-state index contributed by atoms with van der Waals surface area (Å²) < 4.78 is 0. The Hall–Kier alpha value is -0.600. The average Bonchev–Trinajstić information content (AvgIpc) is 2.59. The maximum absolute atomic E-state index is 3.81. The number of aryl methyl sites for hydroxylation is 1. The van der Waals surface area contributed by atoms with Crippen molar-refractivity contribution in [3.05, 3.63) is 34.5 Å². The summed E-state index contributed by atoms with van der Waals surface area (Å²) in [6, 6.07) is 2.68. The molecule has 1 atom stereocenters. The van der Waals surface area contributed by atoms with Crippen molar-refractivity contribution < 1.29 is 0 Å². The van der Waals surface area contributed by atoms with Crippen molar-refractivity contribution in [3.63, 3.8) is 0 Å². The summed E-state index contributed by atoms with van der Waals surface area (Å²) in [6.07, 6.45) is 4.18. The van der Waals surface area contributed by atoms with E-state index in [1.54, 1.807) is 0 Å². The number of hydrogen-bond acceptors (Lipinski definition) is 2. The average molecular weight is 209 g/mol. The highest BCUT2D eigenvalue weighted by molar-refractivity contribution is 7.10. The summed E-state index contributed by atoms with van der Waals surface area (Å²) in [4.78, 5) is 1.42. The molecule has 0 amide bonds. The van der Waals surface area contributed by atoms with Crippen LogP contribution in [0.1, 0.15) is 36.2 Å². The molecule has 14 heavy (non-hydrogen) atoms. The van der Waals surface area contributed by atoms with Gasteiger partial charge in [0.15, 0.2) is 0 Å². The summed E-state index contributed by atoms with van der Waals surface area (Å²) in [7, 11) is 0. The van der Waals surface area contributed by atoms with E-state index in [0.717, 1.165) is 13.0 Å². The van der Waals surface area contributed by atoms with Crippen LogP contribution in [0.25, 0.3) is 0 Å². The van der Waals surface area contributed by atoms with Gasteiger partial charge in [0.05, 0.1) is 0 Å². The van der Waals surface area contributed by atoms with Crippen molar-refractivity contribution in [2.75, 3.05) is 6.54 Å². The predicted molar refractivity (Wildman–Crippen MR) is 64.9 cm³/mol. The molecule has 0 aliphatic rings. The van der Waals surface area contributed by atoms with Crippen LogP contribution in [-0.4, -0.2) is 6.54 Å². The van der Waals surface area contributed by atoms with E-state index in [9.17, 15) is 0 Å². The molecule has 0 saturated carbocycles. The minimum absolute atomic E-state index is 0.457. The highest BCUT2D eigenvalue weighted by Gasteiger charge is 2.11. The van der Waals surface area contributed by atoms with Gasteiger partial charge in [0.2, 0.25) is 0 Å². The Balaban J connectivity index is 2.66. The van der Waals surface area contributed by atoms with Gasteiger partial charge in [-0.05, 0) is 43.3 Å². The Labute approximate surface area is 90.9 Å². The molecule has 1 nitrogen and oxygen atoms in total.